The molecule has 0 unspecified atom stereocenters. The van der Waals surface area contributed by atoms with Gasteiger partial charge in [0.25, 0.3) is 0 Å². The van der Waals surface area contributed by atoms with E-state index < -0.39 is 0 Å². The summed E-state index contributed by atoms with van der Waals surface area (Å²) in [6.07, 6.45) is 0. The molecule has 0 radical (unpaired) electrons. The molecule has 0 aliphatic carbocycles. The Balaban J connectivity index is 0. The molecule has 0 amide bonds. The fourth-order valence-electron chi connectivity index (χ4n) is 0. The van der Waals surface area contributed by atoms with E-state index in [0.29, 0.717) is 0 Å². The maximum atomic E-state index is 3.29. The minimum Gasteiger partial charge on any atom is -0.168 e. The number of hydrogen-bond acceptors (Lipinski definition) is 0. The molecule has 0 aliphatic heterocycles. The smallest absolute Gasteiger partial charge is 0.0465 e. The Morgan fingerprint density at radius 2 is 1.00 bits per heavy atom. The van der Waals surface area contributed by atoms with Crippen molar-refractivity contribution in [1.29, 1.82) is 0 Å². The van der Waals surface area contributed by atoms with Crippen molar-refractivity contribution in [2.45, 2.75) is 0 Å². The Labute approximate surface area is 36.7 Å². The summed E-state index contributed by atoms with van der Waals surface area (Å²) in [7, 11) is 1.25. The van der Waals surface area contributed by atoms with E-state index in [9.17, 15) is 0 Å². The van der Waals surface area contributed by atoms with Crippen LogP contribution < -0.4 is 0 Å². The van der Waals surface area contributed by atoms with Crippen molar-refractivity contribution in [3.05, 3.63) is 13.2 Å². The minimum absolute atomic E-state index is 1.25. The number of hydrogen-bond donors (Lipinski definition) is 0. The fraction of sp³-hybridized carbons (Fsp3) is 0. The van der Waals surface area contributed by atoms with Gasteiger partial charge in [0.1, 0.15) is 0 Å². The molecule has 0 spiro atoms. The second-order valence-corrected chi connectivity index (χ2v) is 0.612. The second-order valence-electron chi connectivity index (χ2n) is 0.204. The van der Waals surface area contributed by atoms with Gasteiger partial charge in [0.2, 0.25) is 0 Å². The third-order valence-corrected chi connectivity index (χ3v) is 0. The van der Waals surface area contributed by atoms with Crippen molar-refractivity contribution in [3.63, 3.8) is 0 Å². The maximum Gasteiger partial charge on any atom is -0.0465 e. The average molecular weight is 88.2 g/mol. The molecule has 0 aromatic carbocycles. The summed E-state index contributed by atoms with van der Waals surface area (Å²) < 4.78 is 0. The Kier molecular flexibility index (Phi) is 97.2. The van der Waals surface area contributed by atoms with E-state index in [1.807, 2.05) is 0 Å². The molecule has 0 nitrogen and oxygen atoms in total. The van der Waals surface area contributed by atoms with Crippen LogP contribution in [0.15, 0.2) is 13.2 Å². The third kappa shape index (κ3) is 119. The molecule has 5 heavy (non-hydrogen) atoms. The van der Waals surface area contributed by atoms with Gasteiger partial charge in [0.05, 0.1) is 0 Å². The molecule has 0 bridgehead atoms. The first-order chi connectivity index (χ1) is 2.41. The maximum absolute atomic E-state index is 3.29. The average Bonchev–Trinajstić information content (AvgIpc) is 1.46. The Hall–Kier alpha value is -0.300. The molecule has 0 saturated heterocycles. The second kappa shape index (κ2) is 55.0. The largest absolute Gasteiger partial charge is 0.168 e. The van der Waals surface area contributed by atoms with Crippen LogP contribution in [-0.4, -0.2) is 11.7 Å². The normalized spacial score (nSPS) is 3.20. The van der Waals surface area contributed by atoms with Crippen LogP contribution >= 0.6 is 10.9 Å². The third-order valence-electron chi connectivity index (χ3n) is 0. The topological polar surface area (TPSA) is 0 Å². The highest BCUT2D eigenvalue weighted by Gasteiger charge is 0.895. The molecule has 30 valence electrons. The van der Waals surface area contributed by atoms with Crippen LogP contribution in [0.3, 0.4) is 0 Å². The van der Waals surface area contributed by atoms with Gasteiger partial charge >= 0.3 is 0 Å². The predicted octanol–water partition coefficient (Wildman–Crippen LogP) is 1.39. The monoisotopic (exact) mass is 88.0 g/mol. The van der Waals surface area contributed by atoms with Gasteiger partial charge < -0.3 is 0 Å². The first kappa shape index (κ1) is 8.83. The van der Waals surface area contributed by atoms with Gasteiger partial charge in [0.15, 0.2) is 0 Å². The van der Waals surface area contributed by atoms with E-state index in [1.165, 1.54) is 10.9 Å². The van der Waals surface area contributed by atoms with Gasteiger partial charge in [-0.3, -0.25) is 0 Å². The summed E-state index contributed by atoms with van der Waals surface area (Å²) in [6, 6.07) is 0. The van der Waals surface area contributed by atoms with Gasteiger partial charge in [0, 0.05) is 0 Å². The van der Waals surface area contributed by atoms with Crippen LogP contribution in [0.4, 0.5) is 0 Å². The zero-order valence-corrected chi connectivity index (χ0v) is 4.05. The molecule has 0 heterocycles. The lowest BCUT2D eigenvalue weighted by molar-refractivity contribution is 2.81. The quantitative estimate of drug-likeness (QED) is 0.310. The van der Waals surface area contributed by atoms with Crippen molar-refractivity contribution >= 4 is 22.7 Å². The van der Waals surface area contributed by atoms with Crippen molar-refractivity contribution < 1.29 is 0 Å². The summed E-state index contributed by atoms with van der Waals surface area (Å²) in [4.78, 5) is 0. The molecule has 0 aromatic heterocycles. The number of rotatable bonds is 0. The van der Waals surface area contributed by atoms with Crippen LogP contribution in [0.5, 0.6) is 0 Å². The molecule has 0 rings (SSSR count). The Bertz CT molecular complexity index is 32.9. The lowest BCUT2D eigenvalue weighted by atomic mass is 11.3. The van der Waals surface area contributed by atoms with Gasteiger partial charge in [-0.25, -0.2) is 0 Å². The Morgan fingerprint density at radius 3 is 1.00 bits per heavy atom. The summed E-state index contributed by atoms with van der Waals surface area (Å²) in [5.74, 6) is 6.58. The van der Waals surface area contributed by atoms with Crippen LogP contribution in [0.1, 0.15) is 0 Å². The van der Waals surface area contributed by atoms with Crippen molar-refractivity contribution in [3.8, 4) is 0 Å². The van der Waals surface area contributed by atoms with Crippen LogP contribution in [-0.2, 0) is 0 Å². The molecule has 0 aliphatic rings. The standard InChI is InChI=1S/C2H4S.C2H4/c1-3-2;1-2/h1-2H2;1-2H2. The predicted molar refractivity (Wildman–Crippen MR) is 33.1 cm³/mol. The van der Waals surface area contributed by atoms with E-state index in [1.54, 1.807) is 0 Å². The van der Waals surface area contributed by atoms with E-state index >= 15 is 0 Å². The molecule has 0 saturated carbocycles. The molecule has 0 fully saturated rings. The van der Waals surface area contributed by atoms with Crippen molar-refractivity contribution in [2.75, 3.05) is 0 Å². The molecular formula is C4H8S. The van der Waals surface area contributed by atoms with Crippen LogP contribution in [0.2, 0.25) is 0 Å². The SMILES string of the molecule is C=C.C=S=C. The highest BCUT2D eigenvalue weighted by atomic mass is 32.1. The zero-order chi connectivity index (χ0) is 4.71. The van der Waals surface area contributed by atoms with Crippen molar-refractivity contribution in [1.82, 2.24) is 0 Å². The molecule has 0 aromatic rings. The summed E-state index contributed by atoms with van der Waals surface area (Å²) >= 11 is 0. The van der Waals surface area contributed by atoms with E-state index in [0.717, 1.165) is 0 Å². The highest BCUT2D eigenvalue weighted by molar-refractivity contribution is 7.93. The summed E-state index contributed by atoms with van der Waals surface area (Å²) in [5.41, 5.74) is 0. The van der Waals surface area contributed by atoms with E-state index in [-0.39, 0.29) is 0 Å². The van der Waals surface area contributed by atoms with Gasteiger partial charge in [-0.15, -0.1) is 13.2 Å². The lowest BCUT2D eigenvalue weighted by Crippen LogP contribution is -0.916. The van der Waals surface area contributed by atoms with Crippen LogP contribution in [0.25, 0.3) is 0 Å². The van der Waals surface area contributed by atoms with Gasteiger partial charge in [-0.05, 0) is 11.7 Å². The van der Waals surface area contributed by atoms with E-state index in [2.05, 4.69) is 24.9 Å². The first-order valence-corrected chi connectivity index (χ1v) is 2.23. The highest BCUT2D eigenvalue weighted by Crippen LogP contribution is 1.29. The minimum atomic E-state index is 1.25. The zero-order valence-electron chi connectivity index (χ0n) is 3.24. The first-order valence-electron chi connectivity index (χ1n) is 1.08. The summed E-state index contributed by atoms with van der Waals surface area (Å²) in [6.45, 7) is 6.00. The molecular weight excluding hydrogens is 80.1 g/mol. The van der Waals surface area contributed by atoms with Crippen LogP contribution in [0, 0.1) is 0 Å². The molecule has 0 N–H and O–H groups in total. The van der Waals surface area contributed by atoms with Gasteiger partial charge in [-0.1, -0.05) is 0 Å². The van der Waals surface area contributed by atoms with E-state index in [4.69, 9.17) is 0 Å². The van der Waals surface area contributed by atoms with Gasteiger partial charge in [-0.2, -0.15) is 10.9 Å². The molecule has 1 heteroatoms. The lowest BCUT2D eigenvalue weighted by Gasteiger charge is -1.11. The van der Waals surface area contributed by atoms with Crippen molar-refractivity contribution in [2.24, 2.45) is 0 Å². The molecule has 0 atom stereocenters. The Morgan fingerprint density at radius 1 is 1.00 bits per heavy atom. The fourth-order valence-corrected chi connectivity index (χ4v) is 0. The summed E-state index contributed by atoms with van der Waals surface area (Å²) in [5, 5.41) is 0.